The van der Waals surface area contributed by atoms with E-state index in [0.717, 1.165) is 10.0 Å². The van der Waals surface area contributed by atoms with Crippen LogP contribution in [0.25, 0.3) is 0 Å². The summed E-state index contributed by atoms with van der Waals surface area (Å²) in [7, 11) is 1.82. The van der Waals surface area contributed by atoms with Gasteiger partial charge in [0.25, 0.3) is 0 Å². The number of halogens is 4. The van der Waals surface area contributed by atoms with Gasteiger partial charge >= 0.3 is 0 Å². The van der Waals surface area contributed by atoms with Crippen molar-refractivity contribution in [2.45, 2.75) is 12.5 Å². The summed E-state index contributed by atoms with van der Waals surface area (Å²) < 4.78 is 14.9. The molecule has 0 bridgehead atoms. The van der Waals surface area contributed by atoms with Crippen LogP contribution in [0.3, 0.4) is 0 Å². The van der Waals surface area contributed by atoms with Crippen LogP contribution in [0.4, 0.5) is 4.39 Å². The van der Waals surface area contributed by atoms with Gasteiger partial charge in [0.2, 0.25) is 0 Å². The maximum atomic E-state index is 14.0. The zero-order valence-corrected chi connectivity index (χ0v) is 13.9. The lowest BCUT2D eigenvalue weighted by Gasteiger charge is -2.19. The van der Waals surface area contributed by atoms with Gasteiger partial charge in [0.1, 0.15) is 5.82 Å². The highest BCUT2D eigenvalue weighted by atomic mass is 79.9. The smallest absolute Gasteiger partial charge is 0.145 e. The van der Waals surface area contributed by atoms with Crippen molar-refractivity contribution in [3.05, 3.63) is 67.9 Å². The summed E-state index contributed by atoms with van der Waals surface area (Å²) >= 11 is 15.5. The molecule has 1 unspecified atom stereocenters. The number of benzene rings is 2. The second kappa shape index (κ2) is 6.90. The summed E-state index contributed by atoms with van der Waals surface area (Å²) in [5, 5.41) is 3.95. The minimum absolute atomic E-state index is 0.0898. The molecule has 1 N–H and O–H groups in total. The largest absolute Gasteiger partial charge is 0.313 e. The van der Waals surface area contributed by atoms with E-state index in [-0.39, 0.29) is 16.9 Å². The lowest BCUT2D eigenvalue weighted by molar-refractivity contribution is 0.554. The fourth-order valence-electron chi connectivity index (χ4n) is 2.08. The van der Waals surface area contributed by atoms with Crippen LogP contribution in [0.2, 0.25) is 10.0 Å². The molecule has 0 spiro atoms. The van der Waals surface area contributed by atoms with Gasteiger partial charge in [0.05, 0.1) is 5.02 Å². The summed E-state index contributed by atoms with van der Waals surface area (Å²) in [6.45, 7) is 0. The molecule has 2 aromatic rings. The van der Waals surface area contributed by atoms with E-state index in [0.29, 0.717) is 17.0 Å². The summed E-state index contributed by atoms with van der Waals surface area (Å²) in [5.74, 6) is -0.375. The van der Waals surface area contributed by atoms with Crippen LogP contribution in [-0.4, -0.2) is 7.05 Å². The van der Waals surface area contributed by atoms with E-state index in [1.807, 2.05) is 25.2 Å². The Morgan fingerprint density at radius 3 is 2.65 bits per heavy atom. The van der Waals surface area contributed by atoms with Crippen LogP contribution in [0.15, 0.2) is 40.9 Å². The average Bonchev–Trinajstić information content (AvgIpc) is 2.43. The first-order valence-electron chi connectivity index (χ1n) is 6.08. The number of hydrogen-bond donors (Lipinski definition) is 1. The van der Waals surface area contributed by atoms with Crippen molar-refractivity contribution in [1.82, 2.24) is 5.32 Å². The first kappa shape index (κ1) is 15.8. The van der Waals surface area contributed by atoms with Crippen molar-refractivity contribution in [1.29, 1.82) is 0 Å². The summed E-state index contributed by atoms with van der Waals surface area (Å²) in [5.41, 5.74) is 1.48. The van der Waals surface area contributed by atoms with Crippen LogP contribution in [-0.2, 0) is 6.42 Å². The van der Waals surface area contributed by atoms with Gasteiger partial charge in [-0.15, -0.1) is 0 Å². The fourth-order valence-corrected chi connectivity index (χ4v) is 2.90. The molecule has 0 saturated carbocycles. The standard InChI is InChI=1S/C15H13BrCl2FN/c1-20-14(11-8-10(16)5-6-12(11)17)7-9-3-2-4-13(18)15(9)19/h2-6,8,14,20H,7H2,1H3. The fraction of sp³-hybridized carbons (Fsp3) is 0.200. The number of likely N-dealkylation sites (N-methyl/N-ethyl adjacent to an activating group) is 1. The van der Waals surface area contributed by atoms with Crippen molar-refractivity contribution in [3.8, 4) is 0 Å². The quantitative estimate of drug-likeness (QED) is 0.753. The molecular weight excluding hydrogens is 364 g/mol. The van der Waals surface area contributed by atoms with Gasteiger partial charge in [-0.2, -0.15) is 0 Å². The Hall–Kier alpha value is -0.610. The van der Waals surface area contributed by atoms with Crippen molar-refractivity contribution in [2.24, 2.45) is 0 Å². The average molecular weight is 377 g/mol. The van der Waals surface area contributed by atoms with Gasteiger partial charge < -0.3 is 5.32 Å². The molecule has 0 fully saturated rings. The maximum Gasteiger partial charge on any atom is 0.145 e. The minimum Gasteiger partial charge on any atom is -0.313 e. The van der Waals surface area contributed by atoms with E-state index in [1.54, 1.807) is 18.2 Å². The zero-order valence-electron chi connectivity index (χ0n) is 10.8. The van der Waals surface area contributed by atoms with E-state index < -0.39 is 0 Å². The minimum atomic E-state index is -0.375. The Kier molecular flexibility index (Phi) is 5.44. The zero-order chi connectivity index (χ0) is 14.7. The second-order valence-electron chi connectivity index (χ2n) is 4.42. The van der Waals surface area contributed by atoms with E-state index in [4.69, 9.17) is 23.2 Å². The Morgan fingerprint density at radius 2 is 1.95 bits per heavy atom. The van der Waals surface area contributed by atoms with Crippen LogP contribution in [0.1, 0.15) is 17.2 Å². The van der Waals surface area contributed by atoms with Gasteiger partial charge in [-0.25, -0.2) is 4.39 Å². The van der Waals surface area contributed by atoms with Crippen LogP contribution in [0.5, 0.6) is 0 Å². The Bertz CT molecular complexity index is 619. The van der Waals surface area contributed by atoms with E-state index in [1.165, 1.54) is 0 Å². The third-order valence-corrected chi connectivity index (χ3v) is 4.27. The third-order valence-electron chi connectivity index (χ3n) is 3.14. The van der Waals surface area contributed by atoms with Crippen molar-refractivity contribution in [3.63, 3.8) is 0 Å². The number of rotatable bonds is 4. The molecule has 0 amide bonds. The van der Waals surface area contributed by atoms with Crippen LogP contribution < -0.4 is 5.32 Å². The highest BCUT2D eigenvalue weighted by Crippen LogP contribution is 2.30. The highest BCUT2D eigenvalue weighted by Gasteiger charge is 2.17. The normalized spacial score (nSPS) is 12.4. The topological polar surface area (TPSA) is 12.0 Å². The molecular formula is C15H13BrCl2FN. The highest BCUT2D eigenvalue weighted by molar-refractivity contribution is 9.10. The molecule has 0 aliphatic rings. The summed E-state index contributed by atoms with van der Waals surface area (Å²) in [4.78, 5) is 0. The summed E-state index contributed by atoms with van der Waals surface area (Å²) in [6.07, 6.45) is 0.471. The first-order chi connectivity index (χ1) is 9.52. The van der Waals surface area contributed by atoms with Gasteiger partial charge in [-0.3, -0.25) is 0 Å². The molecule has 2 aromatic carbocycles. The molecule has 0 saturated heterocycles. The van der Waals surface area contributed by atoms with Gasteiger partial charge in [0.15, 0.2) is 0 Å². The second-order valence-corrected chi connectivity index (χ2v) is 6.15. The summed E-state index contributed by atoms with van der Waals surface area (Å²) in [6, 6.07) is 10.6. The molecule has 2 rings (SSSR count). The number of nitrogens with one attached hydrogen (secondary N) is 1. The molecule has 0 aromatic heterocycles. The third kappa shape index (κ3) is 3.53. The Morgan fingerprint density at radius 1 is 1.20 bits per heavy atom. The van der Waals surface area contributed by atoms with E-state index in [9.17, 15) is 4.39 Å². The lowest BCUT2D eigenvalue weighted by atomic mass is 9.98. The Labute approximate surface area is 136 Å². The van der Waals surface area contributed by atoms with Gasteiger partial charge in [-0.05, 0) is 48.9 Å². The predicted octanol–water partition coefficient (Wildman–Crippen LogP) is 5.40. The molecule has 0 radical (unpaired) electrons. The molecule has 20 heavy (non-hydrogen) atoms. The molecule has 106 valence electrons. The van der Waals surface area contributed by atoms with Gasteiger partial charge in [-0.1, -0.05) is 51.3 Å². The van der Waals surface area contributed by atoms with Gasteiger partial charge in [0, 0.05) is 15.5 Å². The van der Waals surface area contributed by atoms with Crippen LogP contribution in [0, 0.1) is 5.82 Å². The van der Waals surface area contributed by atoms with Crippen LogP contribution >= 0.6 is 39.1 Å². The molecule has 1 atom stereocenters. The lowest BCUT2D eigenvalue weighted by Crippen LogP contribution is -2.20. The number of hydrogen-bond acceptors (Lipinski definition) is 1. The molecule has 0 aliphatic heterocycles. The maximum absolute atomic E-state index is 14.0. The van der Waals surface area contributed by atoms with Crippen molar-refractivity contribution in [2.75, 3.05) is 7.05 Å². The first-order valence-corrected chi connectivity index (χ1v) is 7.63. The molecule has 0 aliphatic carbocycles. The molecule has 5 heteroatoms. The Balaban J connectivity index is 2.34. The predicted molar refractivity (Wildman–Crippen MR) is 86.1 cm³/mol. The van der Waals surface area contributed by atoms with Crippen molar-refractivity contribution < 1.29 is 4.39 Å². The monoisotopic (exact) mass is 375 g/mol. The van der Waals surface area contributed by atoms with E-state index in [2.05, 4.69) is 21.2 Å². The molecule has 1 nitrogen and oxygen atoms in total. The van der Waals surface area contributed by atoms with Crippen molar-refractivity contribution >= 4 is 39.1 Å². The SMILES string of the molecule is CNC(Cc1cccc(Cl)c1F)c1cc(Br)ccc1Cl. The molecule has 0 heterocycles. The van der Waals surface area contributed by atoms with E-state index >= 15 is 0 Å².